The lowest BCUT2D eigenvalue weighted by Crippen LogP contribution is -2.45. The Morgan fingerprint density at radius 3 is 2.74 bits per heavy atom. The molecule has 1 N–H and O–H groups in total. The summed E-state index contributed by atoms with van der Waals surface area (Å²) in [5.41, 5.74) is 0.450. The first-order chi connectivity index (χ1) is 11.3. The van der Waals surface area contributed by atoms with E-state index in [9.17, 15) is 4.79 Å². The van der Waals surface area contributed by atoms with Crippen molar-refractivity contribution in [1.82, 2.24) is 20.3 Å². The number of carbonyl (C=O) groups excluding carboxylic acids is 1. The predicted octanol–water partition coefficient (Wildman–Crippen LogP) is 1.28. The molecule has 120 valence electrons. The topological polar surface area (TPSA) is 80.2 Å². The second-order valence-electron chi connectivity index (χ2n) is 5.35. The molecule has 2 aromatic rings. The van der Waals surface area contributed by atoms with Crippen molar-refractivity contribution < 1.29 is 9.53 Å². The Kier molecular flexibility index (Phi) is 4.65. The van der Waals surface area contributed by atoms with Crippen LogP contribution in [0, 0.1) is 0 Å². The maximum atomic E-state index is 12.1. The largest absolute Gasteiger partial charge is 0.481 e. The molecule has 2 aromatic heterocycles. The van der Waals surface area contributed by atoms with Crippen molar-refractivity contribution in [3.8, 4) is 5.88 Å². The van der Waals surface area contributed by atoms with Crippen LogP contribution in [0.4, 0.5) is 5.95 Å². The van der Waals surface area contributed by atoms with E-state index in [4.69, 9.17) is 4.74 Å². The normalized spacial score (nSPS) is 15.3. The van der Waals surface area contributed by atoms with Gasteiger partial charge < -0.3 is 15.0 Å². The zero-order valence-corrected chi connectivity index (χ0v) is 13.0. The average Bonchev–Trinajstić information content (AvgIpc) is 2.63. The maximum Gasteiger partial charge on any atom is 0.270 e. The molecule has 0 spiro atoms. The summed E-state index contributed by atoms with van der Waals surface area (Å²) in [4.78, 5) is 26.9. The van der Waals surface area contributed by atoms with Crippen molar-refractivity contribution in [2.75, 3.05) is 25.1 Å². The van der Waals surface area contributed by atoms with Gasteiger partial charge in [-0.05, 0) is 25.0 Å². The molecule has 0 unspecified atom stereocenters. The summed E-state index contributed by atoms with van der Waals surface area (Å²) < 4.78 is 5.13. The van der Waals surface area contributed by atoms with E-state index in [0.29, 0.717) is 17.5 Å². The van der Waals surface area contributed by atoms with Crippen LogP contribution >= 0.6 is 0 Å². The van der Waals surface area contributed by atoms with Gasteiger partial charge in [0.1, 0.15) is 5.69 Å². The number of aromatic nitrogens is 3. The number of rotatable bonds is 4. The third-order valence-corrected chi connectivity index (χ3v) is 3.84. The lowest BCUT2D eigenvalue weighted by Gasteiger charge is -2.32. The maximum absolute atomic E-state index is 12.1. The van der Waals surface area contributed by atoms with Gasteiger partial charge in [-0.15, -0.1) is 0 Å². The number of anilines is 1. The average molecular weight is 313 g/mol. The highest BCUT2D eigenvalue weighted by atomic mass is 16.5. The van der Waals surface area contributed by atoms with Crippen molar-refractivity contribution in [2.24, 2.45) is 0 Å². The number of methoxy groups -OCH3 is 1. The molecule has 23 heavy (non-hydrogen) atoms. The highest BCUT2D eigenvalue weighted by molar-refractivity contribution is 5.92. The minimum Gasteiger partial charge on any atom is -0.481 e. The number of nitrogens with one attached hydrogen (secondary N) is 1. The number of ether oxygens (including phenoxy) is 1. The highest BCUT2D eigenvalue weighted by Gasteiger charge is 2.23. The fourth-order valence-electron chi connectivity index (χ4n) is 2.58. The molecule has 0 aromatic carbocycles. The van der Waals surface area contributed by atoms with Crippen LogP contribution < -0.4 is 15.0 Å². The zero-order chi connectivity index (χ0) is 16.1. The van der Waals surface area contributed by atoms with Crippen LogP contribution in [0.1, 0.15) is 23.3 Å². The summed E-state index contributed by atoms with van der Waals surface area (Å²) in [7, 11) is 1.59. The van der Waals surface area contributed by atoms with Gasteiger partial charge in [0.15, 0.2) is 0 Å². The molecule has 1 aliphatic rings. The summed E-state index contributed by atoms with van der Waals surface area (Å²) >= 11 is 0. The van der Waals surface area contributed by atoms with E-state index in [1.807, 2.05) is 6.07 Å². The Labute approximate surface area is 134 Å². The second-order valence-corrected chi connectivity index (χ2v) is 5.35. The minimum absolute atomic E-state index is 0.123. The second kappa shape index (κ2) is 7.04. The molecule has 1 fully saturated rings. The van der Waals surface area contributed by atoms with Gasteiger partial charge in [0.25, 0.3) is 5.91 Å². The Balaban J connectivity index is 1.55. The summed E-state index contributed by atoms with van der Waals surface area (Å²) in [6, 6.07) is 7.19. The number of amides is 1. The van der Waals surface area contributed by atoms with Gasteiger partial charge in [0.05, 0.1) is 7.11 Å². The van der Waals surface area contributed by atoms with Gasteiger partial charge >= 0.3 is 0 Å². The van der Waals surface area contributed by atoms with Crippen molar-refractivity contribution in [1.29, 1.82) is 0 Å². The third-order valence-electron chi connectivity index (χ3n) is 3.84. The first-order valence-electron chi connectivity index (χ1n) is 7.60. The minimum atomic E-state index is -0.123. The van der Waals surface area contributed by atoms with Gasteiger partial charge in [-0.25, -0.2) is 4.98 Å². The first kappa shape index (κ1) is 15.2. The fraction of sp³-hybridized carbons (Fsp3) is 0.375. The van der Waals surface area contributed by atoms with Gasteiger partial charge in [-0.2, -0.15) is 4.98 Å². The number of hydrogen-bond acceptors (Lipinski definition) is 6. The molecule has 0 atom stereocenters. The predicted molar refractivity (Wildman–Crippen MR) is 85.5 cm³/mol. The third kappa shape index (κ3) is 3.74. The Morgan fingerprint density at radius 1 is 1.22 bits per heavy atom. The molecule has 7 heteroatoms. The molecule has 1 saturated heterocycles. The van der Waals surface area contributed by atoms with E-state index in [2.05, 4.69) is 25.2 Å². The summed E-state index contributed by atoms with van der Waals surface area (Å²) in [5, 5.41) is 3.04. The van der Waals surface area contributed by atoms with Gasteiger partial charge in [-0.1, -0.05) is 6.07 Å². The van der Waals surface area contributed by atoms with Crippen LogP contribution in [0.2, 0.25) is 0 Å². The Hall–Kier alpha value is -2.70. The summed E-state index contributed by atoms with van der Waals surface area (Å²) in [5.74, 6) is 1.10. The Bertz CT molecular complexity index is 657. The molecule has 7 nitrogen and oxygen atoms in total. The summed E-state index contributed by atoms with van der Waals surface area (Å²) in [6.45, 7) is 1.58. The molecule has 0 bridgehead atoms. The number of hydrogen-bond donors (Lipinski definition) is 1. The SMILES string of the molecule is COc1ccnc(N2CCC(NC(=O)c3ccccn3)CC2)n1. The van der Waals surface area contributed by atoms with Crippen molar-refractivity contribution in [3.63, 3.8) is 0 Å². The zero-order valence-electron chi connectivity index (χ0n) is 13.0. The van der Waals surface area contributed by atoms with Crippen LogP contribution in [0.3, 0.4) is 0 Å². The molecule has 3 heterocycles. The van der Waals surface area contributed by atoms with E-state index in [1.165, 1.54) is 0 Å². The lowest BCUT2D eigenvalue weighted by atomic mass is 10.1. The molecule has 0 saturated carbocycles. The van der Waals surface area contributed by atoms with E-state index >= 15 is 0 Å². The van der Waals surface area contributed by atoms with Crippen molar-refractivity contribution in [3.05, 3.63) is 42.4 Å². The van der Waals surface area contributed by atoms with Gasteiger partial charge in [-0.3, -0.25) is 9.78 Å². The first-order valence-corrected chi connectivity index (χ1v) is 7.60. The van der Waals surface area contributed by atoms with Crippen molar-refractivity contribution in [2.45, 2.75) is 18.9 Å². The smallest absolute Gasteiger partial charge is 0.270 e. The number of carbonyl (C=O) groups is 1. The molecule has 1 amide bonds. The van der Waals surface area contributed by atoms with Crippen LogP contribution in [-0.4, -0.2) is 47.1 Å². The fourth-order valence-corrected chi connectivity index (χ4v) is 2.58. The van der Waals surface area contributed by atoms with Crippen LogP contribution in [0.25, 0.3) is 0 Å². The molecule has 3 rings (SSSR count). The van der Waals surface area contributed by atoms with E-state index < -0.39 is 0 Å². The standard InChI is InChI=1S/C16H19N5O2/c1-23-14-5-9-18-16(20-14)21-10-6-12(7-11-21)19-15(22)13-4-2-3-8-17-13/h2-5,8-9,12H,6-7,10-11H2,1H3,(H,19,22). The van der Waals surface area contributed by atoms with Gasteiger partial charge in [0, 0.05) is 37.6 Å². The monoisotopic (exact) mass is 313 g/mol. The van der Waals surface area contributed by atoms with Crippen LogP contribution in [0.15, 0.2) is 36.7 Å². The Morgan fingerprint density at radius 2 is 2.04 bits per heavy atom. The summed E-state index contributed by atoms with van der Waals surface area (Å²) in [6.07, 6.45) is 5.01. The molecule has 0 radical (unpaired) electrons. The molecular weight excluding hydrogens is 294 g/mol. The van der Waals surface area contributed by atoms with Crippen molar-refractivity contribution >= 4 is 11.9 Å². The van der Waals surface area contributed by atoms with E-state index in [-0.39, 0.29) is 11.9 Å². The van der Waals surface area contributed by atoms with E-state index in [0.717, 1.165) is 25.9 Å². The number of piperidine rings is 1. The van der Waals surface area contributed by atoms with Gasteiger partial charge in [0.2, 0.25) is 11.8 Å². The van der Waals surface area contributed by atoms with Crippen LogP contribution in [-0.2, 0) is 0 Å². The lowest BCUT2D eigenvalue weighted by molar-refractivity contribution is 0.0926. The molecular formula is C16H19N5O2. The molecule has 0 aliphatic carbocycles. The van der Waals surface area contributed by atoms with Crippen LogP contribution in [0.5, 0.6) is 5.88 Å². The van der Waals surface area contributed by atoms with E-state index in [1.54, 1.807) is 37.7 Å². The number of pyridine rings is 1. The quantitative estimate of drug-likeness (QED) is 0.916. The highest BCUT2D eigenvalue weighted by Crippen LogP contribution is 2.18. The number of nitrogens with zero attached hydrogens (tertiary/aromatic N) is 4. The molecule has 1 aliphatic heterocycles.